The molecule has 8 nitrogen and oxygen atoms in total. The van der Waals surface area contributed by atoms with Crippen molar-refractivity contribution in [3.05, 3.63) is 48.1 Å². The zero-order chi connectivity index (χ0) is 34.4. The summed E-state index contributed by atoms with van der Waals surface area (Å²) < 4.78 is 20.8. The van der Waals surface area contributed by atoms with Crippen molar-refractivity contribution in [2.75, 3.05) is 46.1 Å². The quantitative estimate of drug-likeness (QED) is 0.0707. The second-order valence-electron chi connectivity index (χ2n) is 15.7. The monoisotopic (exact) mass is 696 g/mol. The molecule has 0 radical (unpaired) electrons. The molecule has 0 bridgehead atoms. The van der Waals surface area contributed by atoms with Crippen LogP contribution in [0.1, 0.15) is 103 Å². The second-order valence-corrected chi connectivity index (χ2v) is 17.2. The van der Waals surface area contributed by atoms with Crippen molar-refractivity contribution >= 4 is 17.5 Å². The van der Waals surface area contributed by atoms with Crippen molar-refractivity contribution in [2.45, 2.75) is 119 Å². The first-order valence-electron chi connectivity index (χ1n) is 19.0. The van der Waals surface area contributed by atoms with Gasteiger partial charge in [-0.1, -0.05) is 43.0 Å². The molecule has 1 aromatic carbocycles. The maximum atomic E-state index is 9.85. The number of fused-ring (bicyclic) bond motifs is 2. The molecule has 1 aromatic rings. The summed E-state index contributed by atoms with van der Waals surface area (Å²) in [5, 5.41) is 25.1. The predicted molar refractivity (Wildman–Crippen MR) is 198 cm³/mol. The van der Waals surface area contributed by atoms with Crippen LogP contribution in [0, 0.1) is 17.8 Å². The molecule has 2 heterocycles. The van der Waals surface area contributed by atoms with E-state index in [1.807, 2.05) is 17.8 Å². The molecule has 6 unspecified atom stereocenters. The fourth-order valence-corrected chi connectivity index (χ4v) is 10.3. The first-order chi connectivity index (χ1) is 23.8. The summed E-state index contributed by atoms with van der Waals surface area (Å²) >= 11 is 2.04. The van der Waals surface area contributed by atoms with Crippen LogP contribution in [-0.2, 0) is 9.57 Å². The zero-order valence-corrected chi connectivity index (χ0v) is 30.9. The topological polar surface area (TPSA) is 92.8 Å². The number of ether oxygens (including phenoxy) is 3. The minimum absolute atomic E-state index is 0.0169. The average Bonchev–Trinajstić information content (AvgIpc) is 3.76. The van der Waals surface area contributed by atoms with E-state index in [9.17, 15) is 10.2 Å². The molecule has 49 heavy (non-hydrogen) atoms. The van der Waals surface area contributed by atoms with E-state index in [2.05, 4.69) is 56.5 Å². The van der Waals surface area contributed by atoms with E-state index >= 15 is 0 Å². The Balaban J connectivity index is 1.50. The highest BCUT2D eigenvalue weighted by molar-refractivity contribution is 8.00. The third kappa shape index (κ3) is 8.71. The van der Waals surface area contributed by atoms with E-state index in [0.29, 0.717) is 30.8 Å². The Bertz CT molecular complexity index is 1320. The molecule has 6 rings (SSSR count). The van der Waals surface area contributed by atoms with Crippen molar-refractivity contribution in [3.63, 3.8) is 0 Å². The van der Waals surface area contributed by atoms with Gasteiger partial charge in [0.05, 0.1) is 23.5 Å². The number of benzene rings is 1. The van der Waals surface area contributed by atoms with Crippen LogP contribution in [0.15, 0.2) is 47.7 Å². The van der Waals surface area contributed by atoms with Crippen molar-refractivity contribution < 1.29 is 29.3 Å². The number of hydrogen-bond donors (Lipinski definition) is 2. The van der Waals surface area contributed by atoms with Gasteiger partial charge >= 0.3 is 0 Å². The fourth-order valence-electron chi connectivity index (χ4n) is 8.57. The Labute approximate surface area is 298 Å². The lowest BCUT2D eigenvalue weighted by molar-refractivity contribution is -0.223. The lowest BCUT2D eigenvalue weighted by Gasteiger charge is -2.58. The number of allylic oxidation sites excluding steroid dienone is 1. The summed E-state index contributed by atoms with van der Waals surface area (Å²) in [6.45, 7) is 14.9. The van der Waals surface area contributed by atoms with Gasteiger partial charge in [-0.15, -0.1) is 18.3 Å². The van der Waals surface area contributed by atoms with Gasteiger partial charge in [-0.3, -0.25) is 4.90 Å². The van der Waals surface area contributed by atoms with Gasteiger partial charge in [0, 0.05) is 56.0 Å². The lowest BCUT2D eigenvalue weighted by atomic mass is 9.56. The fraction of sp³-hybridized carbons (Fsp3) is 0.725. The van der Waals surface area contributed by atoms with Crippen LogP contribution in [0.4, 0.5) is 0 Å². The largest absolute Gasteiger partial charge is 0.492 e. The normalized spacial score (nSPS) is 30.3. The maximum Gasteiger partial charge on any atom is 0.230 e. The van der Waals surface area contributed by atoms with Crippen LogP contribution in [-0.4, -0.2) is 88.8 Å². The molecule has 6 atom stereocenters. The number of thioether (sulfide) groups is 1. The Hall–Kier alpha value is -2.04. The maximum absolute atomic E-state index is 9.85. The number of oxime groups is 1. The molecule has 0 aromatic heterocycles. The Morgan fingerprint density at radius 3 is 2.53 bits per heavy atom. The average molecular weight is 697 g/mol. The van der Waals surface area contributed by atoms with E-state index in [4.69, 9.17) is 24.2 Å². The Kier molecular flexibility index (Phi) is 12.4. The number of unbranched alkanes of at least 4 members (excludes halogenated alkanes) is 2. The SMILES string of the molecule is C=CCOC12Oc3ccc(OCCN4CC4)cc3C3C(CCCCO)C(CCCCO)C=C(C(=NOC(C)(C)C)CC1SC1CCCC1)C32. The second kappa shape index (κ2) is 16.5. The van der Waals surface area contributed by atoms with Crippen LogP contribution in [0.3, 0.4) is 0 Å². The van der Waals surface area contributed by atoms with Crippen molar-refractivity contribution in [2.24, 2.45) is 22.9 Å². The summed E-state index contributed by atoms with van der Waals surface area (Å²) in [4.78, 5) is 8.60. The summed E-state index contributed by atoms with van der Waals surface area (Å²) in [5.41, 5.74) is 2.96. The molecule has 2 saturated carbocycles. The molecule has 0 amide bonds. The lowest BCUT2D eigenvalue weighted by Crippen LogP contribution is -2.64. The molecule has 9 heteroatoms. The number of aliphatic hydroxyl groups excluding tert-OH is 2. The molecular formula is C40H60N2O6S. The van der Waals surface area contributed by atoms with Gasteiger partial charge in [-0.2, -0.15) is 0 Å². The van der Waals surface area contributed by atoms with Gasteiger partial charge in [0.1, 0.15) is 23.7 Å². The summed E-state index contributed by atoms with van der Waals surface area (Å²) in [5.74, 6) is 1.41. The molecule has 5 aliphatic rings. The molecule has 0 spiro atoms. The van der Waals surface area contributed by atoms with Gasteiger partial charge in [-0.25, -0.2) is 0 Å². The summed E-state index contributed by atoms with van der Waals surface area (Å²) in [6.07, 6.45) is 15.4. The highest BCUT2D eigenvalue weighted by Crippen LogP contribution is 2.63. The predicted octanol–water partition coefficient (Wildman–Crippen LogP) is 7.49. The first kappa shape index (κ1) is 36.7. The number of hydrogen-bond acceptors (Lipinski definition) is 9. The van der Waals surface area contributed by atoms with E-state index in [1.165, 1.54) is 36.8 Å². The molecule has 2 N–H and O–H groups in total. The minimum Gasteiger partial charge on any atom is -0.492 e. The minimum atomic E-state index is -0.904. The summed E-state index contributed by atoms with van der Waals surface area (Å²) in [6, 6.07) is 6.42. The smallest absolute Gasteiger partial charge is 0.230 e. The van der Waals surface area contributed by atoms with E-state index in [-0.39, 0.29) is 36.2 Å². The van der Waals surface area contributed by atoms with Crippen LogP contribution < -0.4 is 9.47 Å². The third-order valence-electron chi connectivity index (χ3n) is 10.9. The van der Waals surface area contributed by atoms with Crippen molar-refractivity contribution in [1.82, 2.24) is 4.90 Å². The standard InChI is InChI=1S/C40H60N2O6S/c1-5-23-46-40-36(49-30-13-6-7-14-30)27-34(41-48-39(2,3)4)32-25-28(12-8-10-21-43)31(15-9-11-22-44)37(38(32)40)33-26-29(16-17-35(33)47-40)45-24-20-42-18-19-42/h5,16-17,25-26,28,30-31,36-38,43-44H,1,6-15,18-24,27H2,2-4H3. The van der Waals surface area contributed by atoms with Crippen LogP contribution >= 0.6 is 11.8 Å². The van der Waals surface area contributed by atoms with Crippen LogP contribution in [0.25, 0.3) is 0 Å². The Morgan fingerprint density at radius 1 is 1.08 bits per heavy atom. The van der Waals surface area contributed by atoms with Crippen molar-refractivity contribution in [1.29, 1.82) is 0 Å². The molecule has 3 aliphatic carbocycles. The van der Waals surface area contributed by atoms with Gasteiger partial charge in [0.25, 0.3) is 0 Å². The molecule has 1 saturated heterocycles. The van der Waals surface area contributed by atoms with Crippen LogP contribution in [0.5, 0.6) is 11.5 Å². The van der Waals surface area contributed by atoms with E-state index < -0.39 is 11.4 Å². The highest BCUT2D eigenvalue weighted by atomic mass is 32.2. The van der Waals surface area contributed by atoms with Crippen LogP contribution in [0.2, 0.25) is 0 Å². The van der Waals surface area contributed by atoms with Gasteiger partial charge in [-0.05, 0) is 94.9 Å². The molecular weight excluding hydrogens is 637 g/mol. The zero-order valence-electron chi connectivity index (χ0n) is 30.1. The number of rotatable bonds is 18. The van der Waals surface area contributed by atoms with E-state index in [1.54, 1.807) is 0 Å². The van der Waals surface area contributed by atoms with Gasteiger partial charge in [0.2, 0.25) is 5.79 Å². The highest BCUT2D eigenvalue weighted by Gasteiger charge is 2.64. The molecule has 3 fully saturated rings. The number of aliphatic hydroxyl groups is 2. The molecule has 272 valence electrons. The Morgan fingerprint density at radius 2 is 1.84 bits per heavy atom. The first-order valence-corrected chi connectivity index (χ1v) is 20.0. The third-order valence-corrected chi connectivity index (χ3v) is 12.6. The van der Waals surface area contributed by atoms with Gasteiger partial charge in [0.15, 0.2) is 0 Å². The van der Waals surface area contributed by atoms with E-state index in [0.717, 1.165) is 75.4 Å². The number of nitrogens with zero attached hydrogens (tertiary/aromatic N) is 2. The van der Waals surface area contributed by atoms with Crippen molar-refractivity contribution in [3.8, 4) is 11.5 Å². The molecule has 2 aliphatic heterocycles. The summed E-state index contributed by atoms with van der Waals surface area (Å²) in [7, 11) is 0. The van der Waals surface area contributed by atoms with Gasteiger partial charge < -0.3 is 29.3 Å².